The van der Waals surface area contributed by atoms with Crippen LogP contribution in [0.25, 0.3) is 11.3 Å². The predicted octanol–water partition coefficient (Wildman–Crippen LogP) is 3.53. The van der Waals surface area contributed by atoms with Gasteiger partial charge in [-0.2, -0.15) is 0 Å². The maximum absolute atomic E-state index is 12.2. The Hall–Kier alpha value is -3.55. The molecule has 1 aromatic carbocycles. The molecule has 0 aliphatic rings. The molecule has 0 bridgehead atoms. The summed E-state index contributed by atoms with van der Waals surface area (Å²) >= 11 is 0. The van der Waals surface area contributed by atoms with Gasteiger partial charge in [0.05, 0.1) is 5.69 Å². The molecular weight excluding hydrogens is 362 g/mol. The van der Waals surface area contributed by atoms with Gasteiger partial charge in [-0.3, -0.25) is 4.79 Å². The van der Waals surface area contributed by atoms with E-state index in [1.165, 1.54) is 6.20 Å². The van der Waals surface area contributed by atoms with Crippen molar-refractivity contribution in [2.45, 2.75) is 32.7 Å². The zero-order valence-corrected chi connectivity index (χ0v) is 15.4. The first-order valence-electron chi connectivity index (χ1n) is 8.94. The van der Waals surface area contributed by atoms with Crippen LogP contribution in [0.15, 0.2) is 47.2 Å². The van der Waals surface area contributed by atoms with Crippen LogP contribution in [-0.2, 0) is 17.8 Å². The minimum atomic E-state index is -1.08. The zero-order valence-electron chi connectivity index (χ0n) is 15.4. The van der Waals surface area contributed by atoms with Crippen LogP contribution in [0.5, 0.6) is 5.75 Å². The predicted molar refractivity (Wildman–Crippen MR) is 102 cm³/mol. The number of nitrogens with one attached hydrogen (secondary N) is 1. The van der Waals surface area contributed by atoms with Crippen LogP contribution in [0.2, 0.25) is 0 Å². The highest BCUT2D eigenvalue weighted by molar-refractivity contribution is 6.00. The highest BCUT2D eigenvalue weighted by atomic mass is 16.5. The van der Waals surface area contributed by atoms with Gasteiger partial charge in [0.15, 0.2) is 0 Å². The maximum Gasteiger partial charge on any atom is 0.339 e. The van der Waals surface area contributed by atoms with Crippen molar-refractivity contribution in [2.75, 3.05) is 5.32 Å². The lowest BCUT2D eigenvalue weighted by Gasteiger charge is -2.03. The molecule has 0 unspecified atom stereocenters. The van der Waals surface area contributed by atoms with E-state index in [1.807, 2.05) is 6.92 Å². The smallest absolute Gasteiger partial charge is 0.339 e. The van der Waals surface area contributed by atoms with E-state index in [9.17, 15) is 19.8 Å². The number of rotatable bonds is 8. The number of anilines is 1. The number of benzene rings is 1. The number of hydrogen-bond donors (Lipinski definition) is 3. The van der Waals surface area contributed by atoms with Gasteiger partial charge in [0.1, 0.15) is 22.8 Å². The lowest BCUT2D eigenvalue weighted by atomic mass is 10.1. The molecule has 0 saturated carbocycles. The van der Waals surface area contributed by atoms with Gasteiger partial charge in [-0.1, -0.05) is 12.1 Å². The summed E-state index contributed by atoms with van der Waals surface area (Å²) in [6, 6.07) is 8.29. The first-order chi connectivity index (χ1) is 13.5. The Balaban J connectivity index is 1.60. The molecule has 0 spiro atoms. The third-order valence-electron chi connectivity index (χ3n) is 4.19. The van der Waals surface area contributed by atoms with Gasteiger partial charge in [0, 0.05) is 43.4 Å². The van der Waals surface area contributed by atoms with Crippen molar-refractivity contribution in [2.24, 2.45) is 0 Å². The minimum absolute atomic E-state index is 0.0658. The number of aromatic nitrogens is 2. The molecule has 1 amide bonds. The molecule has 28 heavy (non-hydrogen) atoms. The summed E-state index contributed by atoms with van der Waals surface area (Å²) in [7, 11) is 0. The second kappa shape index (κ2) is 8.43. The van der Waals surface area contributed by atoms with E-state index in [0.717, 1.165) is 12.0 Å². The van der Waals surface area contributed by atoms with Crippen LogP contribution in [0.3, 0.4) is 0 Å². The van der Waals surface area contributed by atoms with Gasteiger partial charge in [0.25, 0.3) is 0 Å². The van der Waals surface area contributed by atoms with Gasteiger partial charge in [-0.15, -0.1) is 0 Å². The number of carboxylic acids is 1. The topological polar surface area (TPSA) is 118 Å². The van der Waals surface area contributed by atoms with E-state index in [-0.39, 0.29) is 29.3 Å². The lowest BCUT2D eigenvalue weighted by Crippen LogP contribution is -2.14. The summed E-state index contributed by atoms with van der Waals surface area (Å²) in [4.78, 5) is 23.6. The summed E-state index contributed by atoms with van der Waals surface area (Å²) < 4.78 is 7.01. The van der Waals surface area contributed by atoms with Crippen LogP contribution in [-0.4, -0.2) is 31.8 Å². The number of carbonyl (C=O) groups excluding carboxylic acids is 1. The minimum Gasteiger partial charge on any atom is -0.508 e. The molecule has 0 fully saturated rings. The Kier molecular flexibility index (Phi) is 5.78. The third-order valence-corrected chi connectivity index (χ3v) is 4.19. The van der Waals surface area contributed by atoms with Crippen LogP contribution in [0.4, 0.5) is 5.69 Å². The molecule has 0 aliphatic heterocycles. The molecule has 2 aromatic heterocycles. The van der Waals surface area contributed by atoms with E-state index >= 15 is 0 Å². The Labute approximate surface area is 161 Å². The van der Waals surface area contributed by atoms with Crippen molar-refractivity contribution in [1.82, 2.24) is 9.72 Å². The first kappa shape index (κ1) is 19.2. The molecule has 0 saturated heterocycles. The highest BCUT2D eigenvalue weighted by Crippen LogP contribution is 2.22. The van der Waals surface area contributed by atoms with Crippen LogP contribution >= 0.6 is 0 Å². The van der Waals surface area contributed by atoms with Crippen LogP contribution in [0, 0.1) is 0 Å². The summed E-state index contributed by atoms with van der Waals surface area (Å²) in [5.41, 5.74) is 1.75. The Bertz CT molecular complexity index is 972. The van der Waals surface area contributed by atoms with Gasteiger partial charge in [0.2, 0.25) is 5.91 Å². The summed E-state index contributed by atoms with van der Waals surface area (Å²) in [6.07, 6.45) is 4.46. The number of aryl methyl sites for hydroxylation is 2. The number of hydrogen-bond acceptors (Lipinski definition) is 5. The average molecular weight is 383 g/mol. The molecular formula is C20H21N3O5. The van der Waals surface area contributed by atoms with Gasteiger partial charge < -0.3 is 24.6 Å². The number of aromatic carboxylic acids is 1. The lowest BCUT2D eigenvalue weighted by molar-refractivity contribution is -0.116. The largest absolute Gasteiger partial charge is 0.508 e. The van der Waals surface area contributed by atoms with Gasteiger partial charge in [-0.05, 0) is 30.7 Å². The fourth-order valence-electron chi connectivity index (χ4n) is 2.81. The molecule has 0 aliphatic carbocycles. The van der Waals surface area contributed by atoms with E-state index < -0.39 is 5.97 Å². The highest BCUT2D eigenvalue weighted by Gasteiger charge is 2.16. The fraction of sp³-hybridized carbons (Fsp3) is 0.250. The van der Waals surface area contributed by atoms with Gasteiger partial charge >= 0.3 is 5.97 Å². The zero-order chi connectivity index (χ0) is 20.1. The van der Waals surface area contributed by atoms with Crippen molar-refractivity contribution >= 4 is 17.6 Å². The number of carbonyl (C=O) groups is 2. The average Bonchev–Trinajstić information content (AvgIpc) is 3.28. The third kappa shape index (κ3) is 4.59. The first-order valence-corrected chi connectivity index (χ1v) is 8.94. The maximum atomic E-state index is 12.2. The fourth-order valence-corrected chi connectivity index (χ4v) is 2.81. The van der Waals surface area contributed by atoms with Crippen molar-refractivity contribution in [3.63, 3.8) is 0 Å². The number of amides is 1. The Morgan fingerprint density at radius 2 is 1.96 bits per heavy atom. The molecule has 8 heteroatoms. The van der Waals surface area contributed by atoms with E-state index in [1.54, 1.807) is 41.1 Å². The number of phenolic OH excluding ortho intramolecular Hbond substituents is 1. The molecule has 0 radical (unpaired) electrons. The summed E-state index contributed by atoms with van der Waals surface area (Å²) in [5, 5.41) is 25.3. The molecule has 8 nitrogen and oxygen atoms in total. The molecule has 146 valence electrons. The second-order valence-corrected chi connectivity index (χ2v) is 6.40. The molecule has 3 N–H and O–H groups in total. The second-order valence-electron chi connectivity index (χ2n) is 6.40. The summed E-state index contributed by atoms with van der Waals surface area (Å²) in [5.74, 6) is -0.684. The van der Waals surface area contributed by atoms with Crippen molar-refractivity contribution < 1.29 is 24.3 Å². The number of aromatic hydroxyl groups is 1. The van der Waals surface area contributed by atoms with Crippen LogP contribution in [0.1, 0.15) is 35.9 Å². The monoisotopic (exact) mass is 383 g/mol. The normalized spacial score (nSPS) is 10.8. The standard InChI is InChI=1S/C20H21N3O5/c1-2-9-23-11-16(20(26)27)18(12-23)21-19(25)8-7-15-10-17(22-28-15)13-3-5-14(24)6-4-13/h3-6,10-12,24H,2,7-9H2,1H3,(H,21,25)(H,26,27). The van der Waals surface area contributed by atoms with Gasteiger partial charge in [-0.25, -0.2) is 4.79 Å². The van der Waals surface area contributed by atoms with E-state index in [4.69, 9.17) is 4.52 Å². The quantitative estimate of drug-likeness (QED) is 0.548. The summed E-state index contributed by atoms with van der Waals surface area (Å²) in [6.45, 7) is 2.66. The van der Waals surface area contributed by atoms with Crippen LogP contribution < -0.4 is 5.32 Å². The number of nitrogens with zero attached hydrogens (tertiary/aromatic N) is 2. The molecule has 2 heterocycles. The number of carboxylic acid groups (broad SMARTS) is 1. The molecule has 3 rings (SSSR count). The Morgan fingerprint density at radius 1 is 1.21 bits per heavy atom. The van der Waals surface area contributed by atoms with Crippen molar-refractivity contribution in [3.8, 4) is 17.0 Å². The Morgan fingerprint density at radius 3 is 2.64 bits per heavy atom. The van der Waals surface area contributed by atoms with Crippen molar-refractivity contribution in [1.29, 1.82) is 0 Å². The molecule has 3 aromatic rings. The van der Waals surface area contributed by atoms with Crippen molar-refractivity contribution in [3.05, 3.63) is 54.0 Å². The molecule has 0 atom stereocenters. The number of phenols is 1. The van der Waals surface area contributed by atoms with E-state index in [2.05, 4.69) is 10.5 Å². The van der Waals surface area contributed by atoms with E-state index in [0.29, 0.717) is 24.4 Å². The SMILES string of the molecule is CCCn1cc(NC(=O)CCc2cc(-c3ccc(O)cc3)no2)c(C(=O)O)c1.